The van der Waals surface area contributed by atoms with Gasteiger partial charge in [0.2, 0.25) is 0 Å². The van der Waals surface area contributed by atoms with Crippen LogP contribution in [0, 0.1) is 20.8 Å². The summed E-state index contributed by atoms with van der Waals surface area (Å²) in [6.45, 7) is 17.2. The molecule has 0 aromatic rings. The van der Waals surface area contributed by atoms with E-state index in [0.717, 1.165) is 19.3 Å². The summed E-state index contributed by atoms with van der Waals surface area (Å²) in [6.07, 6.45) is 6.83. The largest absolute Gasteiger partial charge is 0.343 e. The van der Waals surface area contributed by atoms with Gasteiger partial charge in [0.15, 0.2) is 0 Å². The first-order valence-electron chi connectivity index (χ1n) is 5.12. The molecule has 0 aliphatic rings. The molecule has 0 saturated carbocycles. The Kier molecular flexibility index (Phi) is 137. The Bertz CT molecular complexity index is 31.1. The Hall–Kier alpha value is 1.68. The molecule has 1 atom stereocenters. The van der Waals surface area contributed by atoms with E-state index in [9.17, 15) is 0 Å². The van der Waals surface area contributed by atoms with E-state index < -0.39 is 0 Å². The van der Waals surface area contributed by atoms with E-state index in [1.807, 2.05) is 0 Å². The normalized spacial score (nSPS) is 6.00. The molecule has 0 spiro atoms. The first-order valence-corrected chi connectivity index (χ1v) is 5.12. The topological polar surface area (TPSA) is 0 Å². The van der Waals surface area contributed by atoms with Gasteiger partial charge in [0, 0.05) is 17.1 Å². The monoisotopic (exact) mass is 396 g/mol. The third-order valence-corrected chi connectivity index (χ3v) is 1.06. The molecule has 0 N–H and O–H groups in total. The molecule has 0 amide bonds. The minimum atomic E-state index is 0. The molecular formula is C12H31CuIP-3. The Labute approximate surface area is 130 Å². The maximum Gasteiger partial charge on any atom is 0 e. The van der Waals surface area contributed by atoms with Crippen molar-refractivity contribution in [3.8, 4) is 0 Å². The molecule has 0 bridgehead atoms. The van der Waals surface area contributed by atoms with Gasteiger partial charge in [-0.05, 0) is 0 Å². The van der Waals surface area contributed by atoms with Crippen LogP contribution in [0.15, 0.2) is 0 Å². The fourth-order valence-electron chi connectivity index (χ4n) is 0. The predicted molar refractivity (Wildman–Crippen MR) is 87.3 cm³/mol. The van der Waals surface area contributed by atoms with E-state index in [1.165, 1.54) is 19.3 Å². The molecule has 0 rings (SSSR count). The van der Waals surface area contributed by atoms with Crippen LogP contribution in [-0.2, 0) is 17.1 Å². The molecule has 1 radical (unpaired) electrons. The van der Waals surface area contributed by atoms with Crippen LogP contribution in [-0.4, -0.2) is 0 Å². The van der Waals surface area contributed by atoms with Crippen LogP contribution in [0.2, 0.25) is 0 Å². The summed E-state index contributed by atoms with van der Waals surface area (Å²) >= 11 is 0. The number of hydrogen-bond acceptors (Lipinski definition) is 0. The molecule has 0 saturated heterocycles. The second-order valence-electron chi connectivity index (χ2n) is 2.56. The first-order chi connectivity index (χ1) is 5.74. The van der Waals surface area contributed by atoms with Crippen molar-refractivity contribution in [3.05, 3.63) is 20.8 Å². The van der Waals surface area contributed by atoms with Crippen molar-refractivity contribution >= 4 is 33.9 Å². The Morgan fingerprint density at radius 3 is 0.733 bits per heavy atom. The minimum Gasteiger partial charge on any atom is -0.343 e. The van der Waals surface area contributed by atoms with Gasteiger partial charge < -0.3 is 20.8 Å². The van der Waals surface area contributed by atoms with E-state index in [4.69, 9.17) is 0 Å². The van der Waals surface area contributed by atoms with Crippen LogP contribution in [0.1, 0.15) is 59.3 Å². The van der Waals surface area contributed by atoms with Crippen LogP contribution in [0.25, 0.3) is 0 Å². The van der Waals surface area contributed by atoms with E-state index >= 15 is 0 Å². The average Bonchev–Trinajstić information content (AvgIpc) is 2.18. The van der Waals surface area contributed by atoms with Gasteiger partial charge in [0.05, 0.1) is 0 Å². The van der Waals surface area contributed by atoms with Gasteiger partial charge in [0.1, 0.15) is 0 Å². The molecule has 0 heterocycles. The summed E-state index contributed by atoms with van der Waals surface area (Å²) in [4.78, 5) is 0. The van der Waals surface area contributed by atoms with Crippen LogP contribution in [0.3, 0.4) is 0 Å². The third kappa shape index (κ3) is 134. The van der Waals surface area contributed by atoms with E-state index in [1.54, 1.807) is 0 Å². The zero-order valence-corrected chi connectivity index (χ0v) is 15.5. The van der Waals surface area contributed by atoms with Gasteiger partial charge in [0.25, 0.3) is 0 Å². The van der Waals surface area contributed by atoms with Gasteiger partial charge in [-0.2, -0.15) is 29.2 Å². The molecule has 0 nitrogen and oxygen atoms in total. The first kappa shape index (κ1) is 36.0. The molecule has 15 heavy (non-hydrogen) atoms. The van der Waals surface area contributed by atoms with Crippen molar-refractivity contribution in [3.63, 3.8) is 0 Å². The maximum absolute atomic E-state index is 3.60. The number of halogens is 1. The summed E-state index contributed by atoms with van der Waals surface area (Å²) in [5.41, 5.74) is 0. The zero-order valence-electron chi connectivity index (χ0n) is 10.8. The third-order valence-electron chi connectivity index (χ3n) is 1.06. The molecule has 0 aliphatic heterocycles. The molecular weight excluding hydrogens is 366 g/mol. The molecule has 0 aromatic heterocycles. The summed E-state index contributed by atoms with van der Waals surface area (Å²) in [6, 6.07) is 0. The smallest absolute Gasteiger partial charge is 0 e. The van der Waals surface area contributed by atoms with E-state index in [0.29, 0.717) is 0 Å². The molecule has 3 heteroatoms. The Balaban J connectivity index is -0.0000000184. The van der Waals surface area contributed by atoms with Crippen molar-refractivity contribution in [2.45, 2.75) is 59.3 Å². The van der Waals surface area contributed by atoms with Crippen LogP contribution in [0.4, 0.5) is 0 Å². The molecule has 0 fully saturated rings. The van der Waals surface area contributed by atoms with Crippen molar-refractivity contribution in [2.24, 2.45) is 0 Å². The van der Waals surface area contributed by atoms with Crippen molar-refractivity contribution in [2.75, 3.05) is 0 Å². The number of rotatable bonds is 3. The molecule has 1 unspecified atom stereocenters. The average molecular weight is 397 g/mol. The van der Waals surface area contributed by atoms with Crippen molar-refractivity contribution < 1.29 is 17.1 Å². The molecule has 105 valence electrons. The Morgan fingerprint density at radius 2 is 0.733 bits per heavy atom. The summed E-state index contributed by atoms with van der Waals surface area (Å²) in [5.74, 6) is 0. The maximum atomic E-state index is 3.60. The minimum absolute atomic E-state index is 0. The van der Waals surface area contributed by atoms with Crippen LogP contribution >= 0.6 is 33.9 Å². The standard InChI is InChI=1S/3C4H9.Cu.HI.H3P/c3*1-3-4-2;;;/h3*1,3-4H2,2H3;;1H;1H3/q3*-1;;;. The number of unbranched alkanes of at least 4 members (excludes halogenated alkanes) is 3. The van der Waals surface area contributed by atoms with Gasteiger partial charge >= 0.3 is 0 Å². The quantitative estimate of drug-likeness (QED) is 0.254. The van der Waals surface area contributed by atoms with Crippen molar-refractivity contribution in [1.29, 1.82) is 0 Å². The molecule has 0 aliphatic carbocycles. The predicted octanol–water partition coefficient (Wildman–Crippen LogP) is 5.54. The van der Waals surface area contributed by atoms with Gasteiger partial charge in [-0.25, -0.2) is 0 Å². The Morgan fingerprint density at radius 1 is 0.667 bits per heavy atom. The summed E-state index contributed by atoms with van der Waals surface area (Å²) in [7, 11) is 0. The van der Waals surface area contributed by atoms with E-state index in [2.05, 4.69) is 41.5 Å². The van der Waals surface area contributed by atoms with Gasteiger partial charge in [-0.15, -0.1) is 24.0 Å². The van der Waals surface area contributed by atoms with Gasteiger partial charge in [-0.3, -0.25) is 0 Å². The second kappa shape index (κ2) is 57.3. The van der Waals surface area contributed by atoms with Crippen LogP contribution in [0.5, 0.6) is 0 Å². The number of hydrogen-bond donors (Lipinski definition) is 0. The fraction of sp³-hybridized carbons (Fsp3) is 0.750. The fourth-order valence-corrected chi connectivity index (χ4v) is 0. The van der Waals surface area contributed by atoms with Crippen molar-refractivity contribution in [1.82, 2.24) is 0 Å². The van der Waals surface area contributed by atoms with Gasteiger partial charge in [-0.1, -0.05) is 40.0 Å². The van der Waals surface area contributed by atoms with Crippen LogP contribution < -0.4 is 0 Å². The summed E-state index contributed by atoms with van der Waals surface area (Å²) < 4.78 is 0. The SMILES string of the molecule is I.P.[CH2-]CCC.[CH2-]CCC.[CH2-]CCC.[Cu]. The zero-order chi connectivity index (χ0) is 10.2. The second-order valence-corrected chi connectivity index (χ2v) is 2.56. The van der Waals surface area contributed by atoms with E-state index in [-0.39, 0.29) is 50.9 Å². The molecule has 0 aromatic carbocycles. The summed E-state index contributed by atoms with van der Waals surface area (Å²) in [5, 5.41) is 0.